The predicted octanol–water partition coefficient (Wildman–Crippen LogP) is 2.12. The summed E-state index contributed by atoms with van der Waals surface area (Å²) in [7, 11) is 0. The molecule has 5 heteroatoms. The van der Waals surface area contributed by atoms with Crippen LogP contribution in [0.2, 0.25) is 0 Å². The Hall–Kier alpha value is -1.20. The molecule has 0 unspecified atom stereocenters. The third-order valence-electron chi connectivity index (χ3n) is 3.50. The van der Waals surface area contributed by atoms with Gasteiger partial charge in [0.15, 0.2) is 0 Å². The van der Waals surface area contributed by atoms with Gasteiger partial charge in [0, 0.05) is 17.1 Å². The highest BCUT2D eigenvalue weighted by Gasteiger charge is 2.35. The van der Waals surface area contributed by atoms with Crippen LogP contribution in [0.25, 0.3) is 0 Å². The molecule has 1 aliphatic carbocycles. The van der Waals surface area contributed by atoms with Crippen molar-refractivity contribution in [3.63, 3.8) is 0 Å². The van der Waals surface area contributed by atoms with Gasteiger partial charge in [-0.15, -0.1) is 0 Å². The molecule has 1 fully saturated rings. The van der Waals surface area contributed by atoms with Crippen LogP contribution in [0.15, 0.2) is 22.7 Å². The van der Waals surface area contributed by atoms with Crippen molar-refractivity contribution in [1.29, 1.82) is 0 Å². The SMILES string of the molecule is O=C1C(=O)N(CCCNC2CC2)c2ccc(Br)cc21. The van der Waals surface area contributed by atoms with Gasteiger partial charge in [-0.05, 0) is 44.0 Å². The van der Waals surface area contributed by atoms with Crippen molar-refractivity contribution >= 4 is 33.3 Å². The second-order valence-electron chi connectivity index (χ2n) is 5.03. The predicted molar refractivity (Wildman–Crippen MR) is 76.5 cm³/mol. The number of nitrogens with one attached hydrogen (secondary N) is 1. The van der Waals surface area contributed by atoms with Crippen molar-refractivity contribution in [3.05, 3.63) is 28.2 Å². The summed E-state index contributed by atoms with van der Waals surface area (Å²) in [4.78, 5) is 25.4. The maximum absolute atomic E-state index is 12.0. The molecule has 3 rings (SSSR count). The highest BCUT2D eigenvalue weighted by molar-refractivity contribution is 9.10. The van der Waals surface area contributed by atoms with Crippen molar-refractivity contribution in [1.82, 2.24) is 5.32 Å². The minimum atomic E-state index is -0.403. The van der Waals surface area contributed by atoms with Crippen LogP contribution in [0.4, 0.5) is 5.69 Å². The van der Waals surface area contributed by atoms with Crippen molar-refractivity contribution in [3.8, 4) is 0 Å². The fraction of sp³-hybridized carbons (Fsp3) is 0.429. The highest BCUT2D eigenvalue weighted by atomic mass is 79.9. The van der Waals surface area contributed by atoms with Gasteiger partial charge >= 0.3 is 0 Å². The topological polar surface area (TPSA) is 49.4 Å². The van der Waals surface area contributed by atoms with Gasteiger partial charge in [-0.1, -0.05) is 15.9 Å². The summed E-state index contributed by atoms with van der Waals surface area (Å²) in [5.41, 5.74) is 1.25. The van der Waals surface area contributed by atoms with Gasteiger partial charge in [0.2, 0.25) is 0 Å². The number of hydrogen-bond acceptors (Lipinski definition) is 3. The summed E-state index contributed by atoms with van der Waals surface area (Å²) >= 11 is 3.33. The van der Waals surface area contributed by atoms with E-state index in [1.807, 2.05) is 12.1 Å². The second-order valence-corrected chi connectivity index (χ2v) is 5.95. The lowest BCUT2D eigenvalue weighted by Crippen LogP contribution is -2.32. The first-order valence-electron chi connectivity index (χ1n) is 6.56. The number of carbonyl (C=O) groups is 2. The van der Waals surface area contributed by atoms with Crippen LogP contribution in [0.3, 0.4) is 0 Å². The standard InChI is InChI=1S/C14H15BrN2O2/c15-9-2-5-12-11(8-9)13(18)14(19)17(12)7-1-6-16-10-3-4-10/h2,5,8,10,16H,1,3-4,6-7H2. The molecular weight excluding hydrogens is 308 g/mol. The Morgan fingerprint density at radius 1 is 1.32 bits per heavy atom. The molecule has 1 aromatic carbocycles. The Labute approximate surface area is 120 Å². The Balaban J connectivity index is 1.67. The average molecular weight is 323 g/mol. The van der Waals surface area contributed by atoms with Crippen LogP contribution in [0.1, 0.15) is 29.6 Å². The number of hydrogen-bond donors (Lipinski definition) is 1. The van der Waals surface area contributed by atoms with E-state index in [2.05, 4.69) is 21.2 Å². The molecule has 0 aromatic heterocycles. The summed E-state index contributed by atoms with van der Waals surface area (Å²) in [5, 5.41) is 3.41. The van der Waals surface area contributed by atoms with E-state index in [1.165, 1.54) is 12.8 Å². The Morgan fingerprint density at radius 3 is 2.84 bits per heavy atom. The molecule has 0 spiro atoms. The second kappa shape index (κ2) is 5.06. The van der Waals surface area contributed by atoms with Crippen molar-refractivity contribution in [2.24, 2.45) is 0 Å². The molecule has 4 nitrogen and oxygen atoms in total. The number of anilines is 1. The van der Waals surface area contributed by atoms with E-state index in [4.69, 9.17) is 0 Å². The van der Waals surface area contributed by atoms with Crippen molar-refractivity contribution in [2.75, 3.05) is 18.0 Å². The lowest BCUT2D eigenvalue weighted by atomic mass is 10.1. The molecule has 1 aliphatic heterocycles. The van der Waals surface area contributed by atoms with Crippen LogP contribution in [-0.2, 0) is 4.79 Å². The molecule has 19 heavy (non-hydrogen) atoms. The van der Waals surface area contributed by atoms with Crippen molar-refractivity contribution < 1.29 is 9.59 Å². The fourth-order valence-electron chi connectivity index (χ4n) is 2.33. The average Bonchev–Trinajstić information content (AvgIpc) is 3.18. The number of nitrogens with zero attached hydrogens (tertiary/aromatic N) is 1. The molecule has 1 saturated carbocycles. The molecule has 1 aromatic rings. The number of rotatable bonds is 5. The Kier molecular flexibility index (Phi) is 3.41. The fourth-order valence-corrected chi connectivity index (χ4v) is 2.69. The number of halogens is 1. The third kappa shape index (κ3) is 2.58. The van der Waals surface area contributed by atoms with Crippen LogP contribution in [0, 0.1) is 0 Å². The lowest BCUT2D eigenvalue weighted by molar-refractivity contribution is -0.114. The van der Waals surface area contributed by atoms with E-state index in [-0.39, 0.29) is 0 Å². The molecule has 2 aliphatic rings. The minimum Gasteiger partial charge on any atom is -0.314 e. The first kappa shape index (κ1) is 12.8. The number of fused-ring (bicyclic) bond motifs is 1. The molecule has 0 saturated heterocycles. The number of amides is 1. The van der Waals surface area contributed by atoms with E-state index >= 15 is 0 Å². The summed E-state index contributed by atoms with van der Waals surface area (Å²) < 4.78 is 0.824. The smallest absolute Gasteiger partial charge is 0.299 e. The van der Waals surface area contributed by atoms with E-state index in [0.29, 0.717) is 18.2 Å². The van der Waals surface area contributed by atoms with Crippen LogP contribution in [0.5, 0.6) is 0 Å². The van der Waals surface area contributed by atoms with E-state index in [0.717, 1.165) is 23.1 Å². The molecule has 1 N–H and O–H groups in total. The van der Waals surface area contributed by atoms with E-state index in [9.17, 15) is 9.59 Å². The van der Waals surface area contributed by atoms with Gasteiger partial charge < -0.3 is 10.2 Å². The number of Topliss-reactive ketones (excluding diaryl/α,β-unsaturated/α-hetero) is 1. The number of benzene rings is 1. The molecule has 100 valence electrons. The van der Waals surface area contributed by atoms with E-state index in [1.54, 1.807) is 11.0 Å². The van der Waals surface area contributed by atoms with Crippen LogP contribution < -0.4 is 10.2 Å². The third-order valence-corrected chi connectivity index (χ3v) is 4.00. The first-order chi connectivity index (χ1) is 9.16. The Morgan fingerprint density at radius 2 is 2.11 bits per heavy atom. The summed E-state index contributed by atoms with van der Waals surface area (Å²) in [5.74, 6) is -0.800. The van der Waals surface area contributed by atoms with Gasteiger partial charge in [0.05, 0.1) is 11.3 Å². The maximum Gasteiger partial charge on any atom is 0.299 e. The largest absolute Gasteiger partial charge is 0.314 e. The maximum atomic E-state index is 12.0. The molecule has 0 bridgehead atoms. The molecular formula is C14H15BrN2O2. The van der Waals surface area contributed by atoms with Gasteiger partial charge in [0.1, 0.15) is 0 Å². The first-order valence-corrected chi connectivity index (χ1v) is 7.35. The molecule has 0 atom stereocenters. The summed E-state index contributed by atoms with van der Waals surface area (Å²) in [6, 6.07) is 6.09. The van der Waals surface area contributed by atoms with Crippen LogP contribution in [-0.4, -0.2) is 30.8 Å². The monoisotopic (exact) mass is 322 g/mol. The Bertz CT molecular complexity index is 540. The molecule has 1 heterocycles. The summed E-state index contributed by atoms with van der Waals surface area (Å²) in [6.45, 7) is 1.49. The zero-order valence-corrected chi connectivity index (χ0v) is 12.1. The van der Waals surface area contributed by atoms with Gasteiger partial charge in [0.25, 0.3) is 11.7 Å². The molecule has 0 radical (unpaired) electrons. The van der Waals surface area contributed by atoms with E-state index < -0.39 is 11.7 Å². The van der Waals surface area contributed by atoms with Gasteiger partial charge in [-0.2, -0.15) is 0 Å². The van der Waals surface area contributed by atoms with Gasteiger partial charge in [-0.3, -0.25) is 9.59 Å². The highest BCUT2D eigenvalue weighted by Crippen LogP contribution is 2.31. The quantitative estimate of drug-likeness (QED) is 0.667. The minimum absolute atomic E-state index is 0.397. The zero-order chi connectivity index (χ0) is 13.4. The number of carbonyl (C=O) groups excluding carboxylic acids is 2. The zero-order valence-electron chi connectivity index (χ0n) is 10.5. The number of ketones is 1. The van der Waals surface area contributed by atoms with Gasteiger partial charge in [-0.25, -0.2) is 0 Å². The molecule has 1 amide bonds. The summed E-state index contributed by atoms with van der Waals surface area (Å²) in [6.07, 6.45) is 3.39. The normalized spacial score (nSPS) is 18.1. The van der Waals surface area contributed by atoms with Crippen LogP contribution >= 0.6 is 15.9 Å². The van der Waals surface area contributed by atoms with Crippen molar-refractivity contribution in [2.45, 2.75) is 25.3 Å². The lowest BCUT2D eigenvalue weighted by Gasteiger charge is -2.16.